The Balaban J connectivity index is 1.04. The summed E-state index contributed by atoms with van der Waals surface area (Å²) in [5, 5.41) is 35.1. The number of imidazole rings is 1. The SMILES string of the molecule is C[C@@H](OCc1ccccc1)C(=O)NC1C[C@@H](n2cnc3c(NCC(c4ccccc4)c4ccccc4)nc(N4CC[C@@H](NC(=O)Nc5cccnc5)C4)nc32)[C@H](O)[C@@H]1O. The number of rotatable bonds is 14. The highest BCUT2D eigenvalue weighted by atomic mass is 16.5. The molecule has 1 saturated heterocycles. The third-order valence-corrected chi connectivity index (χ3v) is 11.1. The van der Waals surface area contributed by atoms with Crippen molar-refractivity contribution in [2.75, 3.05) is 35.2 Å². The minimum Gasteiger partial charge on any atom is -0.388 e. The molecule has 59 heavy (non-hydrogen) atoms. The summed E-state index contributed by atoms with van der Waals surface area (Å²) in [6.45, 7) is 3.46. The van der Waals surface area contributed by atoms with Crippen molar-refractivity contribution in [3.63, 3.8) is 0 Å². The zero-order chi connectivity index (χ0) is 40.7. The Bertz CT molecular complexity index is 2280. The monoisotopic (exact) mass is 796 g/mol. The van der Waals surface area contributed by atoms with Gasteiger partial charge in [0.25, 0.3) is 0 Å². The number of amides is 3. The van der Waals surface area contributed by atoms with Crippen molar-refractivity contribution < 1.29 is 24.5 Å². The van der Waals surface area contributed by atoms with E-state index in [1.807, 2.05) is 71.6 Å². The van der Waals surface area contributed by atoms with Crippen LogP contribution in [-0.4, -0.2) is 96.7 Å². The number of carbonyl (C=O) groups excluding carboxylic acids is 2. The molecule has 3 aromatic carbocycles. The molecule has 6 atom stereocenters. The van der Waals surface area contributed by atoms with Gasteiger partial charge in [-0.1, -0.05) is 91.0 Å². The van der Waals surface area contributed by atoms with Crippen LogP contribution >= 0.6 is 0 Å². The van der Waals surface area contributed by atoms with E-state index in [1.165, 1.54) is 0 Å². The van der Waals surface area contributed by atoms with Crippen LogP contribution in [0.5, 0.6) is 0 Å². The summed E-state index contributed by atoms with van der Waals surface area (Å²) in [5.74, 6) is 0.537. The van der Waals surface area contributed by atoms with Gasteiger partial charge in [-0.25, -0.2) is 9.78 Å². The number of urea groups is 1. The number of hydrogen-bond acceptors (Lipinski definition) is 11. The van der Waals surface area contributed by atoms with E-state index in [0.717, 1.165) is 16.7 Å². The zero-order valence-corrected chi connectivity index (χ0v) is 32.6. The highest BCUT2D eigenvalue weighted by Gasteiger charge is 2.44. The molecule has 15 heteroatoms. The van der Waals surface area contributed by atoms with Crippen molar-refractivity contribution in [3.8, 4) is 0 Å². The van der Waals surface area contributed by atoms with Gasteiger partial charge in [-0.15, -0.1) is 0 Å². The number of aliphatic hydroxyl groups is 2. The lowest BCUT2D eigenvalue weighted by Crippen LogP contribution is -2.46. The quantitative estimate of drug-likeness (QED) is 0.0902. The molecule has 304 valence electrons. The topological polar surface area (TPSA) is 192 Å². The molecular formula is C44H48N10O5. The third-order valence-electron chi connectivity index (χ3n) is 11.1. The van der Waals surface area contributed by atoms with Gasteiger partial charge in [0.2, 0.25) is 11.9 Å². The number of nitrogens with one attached hydrogen (secondary N) is 4. The highest BCUT2D eigenvalue weighted by Crippen LogP contribution is 2.36. The van der Waals surface area contributed by atoms with Crippen molar-refractivity contribution in [3.05, 3.63) is 139 Å². The summed E-state index contributed by atoms with van der Waals surface area (Å²) < 4.78 is 7.58. The number of nitrogens with zero attached hydrogens (tertiary/aromatic N) is 6. The fraction of sp³-hybridized carbons (Fsp3) is 0.318. The second-order valence-corrected chi connectivity index (χ2v) is 15.1. The number of anilines is 3. The second-order valence-electron chi connectivity index (χ2n) is 15.1. The van der Waals surface area contributed by atoms with Crippen LogP contribution in [0.15, 0.2) is 122 Å². The predicted molar refractivity (Wildman–Crippen MR) is 224 cm³/mol. The number of benzene rings is 3. The molecule has 3 amide bonds. The normalized spacial score (nSPS) is 20.7. The first-order chi connectivity index (χ1) is 28.8. The van der Waals surface area contributed by atoms with E-state index < -0.39 is 30.4 Å². The molecule has 2 fully saturated rings. The van der Waals surface area contributed by atoms with E-state index in [9.17, 15) is 19.8 Å². The highest BCUT2D eigenvalue weighted by molar-refractivity contribution is 5.89. The molecule has 1 saturated carbocycles. The summed E-state index contributed by atoms with van der Waals surface area (Å²) >= 11 is 0. The molecule has 4 heterocycles. The van der Waals surface area contributed by atoms with E-state index in [1.54, 1.807) is 42.3 Å². The van der Waals surface area contributed by atoms with E-state index in [-0.39, 0.29) is 36.9 Å². The molecule has 0 spiro atoms. The van der Waals surface area contributed by atoms with Gasteiger partial charge in [-0.2, -0.15) is 9.97 Å². The largest absolute Gasteiger partial charge is 0.388 e. The molecule has 15 nitrogen and oxygen atoms in total. The molecule has 6 N–H and O–H groups in total. The first-order valence-electron chi connectivity index (χ1n) is 19.9. The van der Waals surface area contributed by atoms with Crippen LogP contribution in [-0.2, 0) is 16.1 Å². The summed E-state index contributed by atoms with van der Waals surface area (Å²) in [6, 6.07) is 31.7. The summed E-state index contributed by atoms with van der Waals surface area (Å²) in [6.07, 6.45) is 2.45. The third kappa shape index (κ3) is 9.17. The standard InChI is InChI=1S/C44H48N10O5/c1-28(59-26-29-12-5-2-6-13-29)42(57)50-35-22-36(39(56)38(35)55)54-27-47-37-40(46-24-34(30-14-7-3-8-15-30)31-16-9-4-10-17-31)51-43(52-41(37)54)53-21-19-33(25-53)49-44(58)48-32-18-11-20-45-23-32/h2-18,20,23,27-28,33-36,38-39,55-56H,19,21-22,24-26H2,1H3,(H,50,57)(H,46,51,52)(H2,48,49,58)/t28-,33-,35?,36-,38-,39+/m1/s1. The van der Waals surface area contributed by atoms with Crippen LogP contribution in [0.1, 0.15) is 48.4 Å². The fourth-order valence-electron chi connectivity index (χ4n) is 7.86. The Morgan fingerprint density at radius 3 is 2.29 bits per heavy atom. The molecule has 6 aromatic rings. The van der Waals surface area contributed by atoms with Crippen molar-refractivity contribution in [2.45, 2.75) is 68.7 Å². The van der Waals surface area contributed by atoms with Crippen LogP contribution in [0, 0.1) is 0 Å². The Kier molecular flexibility index (Phi) is 12.0. The summed E-state index contributed by atoms with van der Waals surface area (Å²) in [7, 11) is 0. The van der Waals surface area contributed by atoms with Crippen LogP contribution in [0.4, 0.5) is 22.2 Å². The summed E-state index contributed by atoms with van der Waals surface area (Å²) in [5.41, 5.74) is 4.76. The molecule has 1 aliphatic heterocycles. The molecule has 0 radical (unpaired) electrons. The van der Waals surface area contributed by atoms with Gasteiger partial charge < -0.3 is 45.7 Å². The molecule has 0 bridgehead atoms. The van der Waals surface area contributed by atoms with Crippen LogP contribution in [0.2, 0.25) is 0 Å². The number of hydrogen-bond donors (Lipinski definition) is 6. The van der Waals surface area contributed by atoms with E-state index >= 15 is 0 Å². The summed E-state index contributed by atoms with van der Waals surface area (Å²) in [4.78, 5) is 46.9. The minimum atomic E-state index is -1.25. The van der Waals surface area contributed by atoms with E-state index in [4.69, 9.17) is 19.7 Å². The van der Waals surface area contributed by atoms with Crippen molar-refractivity contribution in [2.24, 2.45) is 0 Å². The lowest BCUT2D eigenvalue weighted by molar-refractivity contribution is -0.134. The Labute approximate surface area is 341 Å². The number of pyridine rings is 1. The molecule has 2 aliphatic rings. The van der Waals surface area contributed by atoms with Gasteiger partial charge in [0.1, 0.15) is 18.3 Å². The van der Waals surface area contributed by atoms with Crippen molar-refractivity contribution in [1.29, 1.82) is 0 Å². The lowest BCUT2D eigenvalue weighted by atomic mass is 9.91. The second kappa shape index (κ2) is 18.0. The molecule has 1 unspecified atom stereocenters. The van der Waals surface area contributed by atoms with Gasteiger partial charge in [0, 0.05) is 37.8 Å². The van der Waals surface area contributed by atoms with Crippen molar-refractivity contribution >= 4 is 40.6 Å². The van der Waals surface area contributed by atoms with Gasteiger partial charge >= 0.3 is 6.03 Å². The predicted octanol–water partition coefficient (Wildman–Crippen LogP) is 4.62. The van der Waals surface area contributed by atoms with Gasteiger partial charge in [-0.05, 0) is 48.6 Å². The van der Waals surface area contributed by atoms with Gasteiger partial charge in [0.05, 0.1) is 36.9 Å². The van der Waals surface area contributed by atoms with E-state index in [0.29, 0.717) is 54.7 Å². The van der Waals surface area contributed by atoms with Gasteiger partial charge in [-0.3, -0.25) is 9.78 Å². The zero-order valence-electron chi connectivity index (χ0n) is 32.6. The Morgan fingerprint density at radius 2 is 1.59 bits per heavy atom. The average Bonchev–Trinajstić information content (AvgIpc) is 3.99. The number of carbonyl (C=O) groups is 2. The van der Waals surface area contributed by atoms with E-state index in [2.05, 4.69) is 50.5 Å². The molecular weight excluding hydrogens is 749 g/mol. The first-order valence-corrected chi connectivity index (χ1v) is 19.9. The number of aliphatic hydroxyl groups excluding tert-OH is 2. The minimum absolute atomic E-state index is 0.0121. The maximum absolute atomic E-state index is 13.2. The Hall–Kier alpha value is -6.42. The van der Waals surface area contributed by atoms with Gasteiger partial charge in [0.15, 0.2) is 17.0 Å². The van der Waals surface area contributed by atoms with Crippen LogP contribution < -0.4 is 26.2 Å². The molecule has 3 aromatic heterocycles. The smallest absolute Gasteiger partial charge is 0.319 e. The van der Waals surface area contributed by atoms with Crippen molar-refractivity contribution in [1.82, 2.24) is 35.1 Å². The molecule has 1 aliphatic carbocycles. The molecule has 8 rings (SSSR count). The Morgan fingerprint density at radius 1 is 0.881 bits per heavy atom. The van der Waals surface area contributed by atoms with Crippen LogP contribution in [0.25, 0.3) is 11.2 Å². The number of aromatic nitrogens is 5. The maximum Gasteiger partial charge on any atom is 0.319 e. The van der Waals surface area contributed by atoms with Crippen LogP contribution in [0.3, 0.4) is 0 Å². The maximum atomic E-state index is 13.2. The average molecular weight is 797 g/mol. The number of fused-ring (bicyclic) bond motifs is 1. The number of ether oxygens (including phenoxy) is 1. The lowest BCUT2D eigenvalue weighted by Gasteiger charge is -2.22. The first kappa shape index (κ1) is 39.4. The fourth-order valence-corrected chi connectivity index (χ4v) is 7.86.